The Morgan fingerprint density at radius 1 is 1.40 bits per heavy atom. The van der Waals surface area contributed by atoms with Gasteiger partial charge in [-0.1, -0.05) is 6.42 Å². The number of ether oxygens (including phenoxy) is 1. The molecule has 1 fully saturated rings. The molecule has 2 aromatic heterocycles. The van der Waals surface area contributed by atoms with Gasteiger partial charge in [-0.2, -0.15) is 5.10 Å². The van der Waals surface area contributed by atoms with Gasteiger partial charge < -0.3 is 14.3 Å². The lowest BCUT2D eigenvalue weighted by Gasteiger charge is -2.36. The molecule has 1 aliphatic rings. The van der Waals surface area contributed by atoms with E-state index in [9.17, 15) is 5.11 Å². The first kappa shape index (κ1) is 18.1. The maximum absolute atomic E-state index is 10.3. The van der Waals surface area contributed by atoms with Gasteiger partial charge in [-0.05, 0) is 45.4 Å². The minimum absolute atomic E-state index is 0.311. The van der Waals surface area contributed by atoms with E-state index < -0.39 is 6.10 Å². The molecule has 1 N–H and O–H groups in total. The van der Waals surface area contributed by atoms with Crippen LogP contribution in [0.1, 0.15) is 36.7 Å². The van der Waals surface area contributed by atoms with Crippen LogP contribution in [0.5, 0.6) is 0 Å². The highest BCUT2D eigenvalue weighted by Gasteiger charge is 2.25. The van der Waals surface area contributed by atoms with Crippen LogP contribution < -0.4 is 0 Å². The number of piperidine rings is 1. The molecule has 138 valence electrons. The second-order valence-corrected chi connectivity index (χ2v) is 6.78. The van der Waals surface area contributed by atoms with Crippen molar-refractivity contribution in [3.8, 4) is 0 Å². The molecule has 25 heavy (non-hydrogen) atoms. The number of furan rings is 1. The lowest BCUT2D eigenvalue weighted by Crippen LogP contribution is -2.46. The number of rotatable bonds is 8. The van der Waals surface area contributed by atoms with Crippen LogP contribution in [0.15, 0.2) is 22.8 Å². The third kappa shape index (κ3) is 5.14. The Labute approximate surface area is 148 Å². The van der Waals surface area contributed by atoms with Gasteiger partial charge in [-0.25, -0.2) is 9.67 Å². The molecule has 0 spiro atoms. The van der Waals surface area contributed by atoms with Gasteiger partial charge in [0, 0.05) is 12.6 Å². The van der Waals surface area contributed by atoms with E-state index in [-0.39, 0.29) is 0 Å². The summed E-state index contributed by atoms with van der Waals surface area (Å²) < 4.78 is 12.8. The van der Waals surface area contributed by atoms with Crippen molar-refractivity contribution in [3.05, 3.63) is 35.8 Å². The van der Waals surface area contributed by atoms with Crippen LogP contribution in [0.25, 0.3) is 0 Å². The molecule has 2 atom stereocenters. The Balaban J connectivity index is 1.49. The molecule has 0 amide bonds. The van der Waals surface area contributed by atoms with Gasteiger partial charge in [0.1, 0.15) is 24.0 Å². The van der Waals surface area contributed by atoms with E-state index in [1.54, 1.807) is 6.26 Å². The third-order valence-electron chi connectivity index (χ3n) is 4.68. The predicted octanol–water partition coefficient (Wildman–Crippen LogP) is 1.92. The molecular formula is C18H28N4O3. The quantitative estimate of drug-likeness (QED) is 0.785. The molecule has 1 saturated heterocycles. The molecule has 3 heterocycles. The van der Waals surface area contributed by atoms with Crippen LogP contribution in [0.3, 0.4) is 0 Å². The van der Waals surface area contributed by atoms with E-state index in [4.69, 9.17) is 9.15 Å². The summed E-state index contributed by atoms with van der Waals surface area (Å²) in [5.41, 5.74) is 0. The van der Waals surface area contributed by atoms with E-state index in [1.165, 1.54) is 12.8 Å². The Morgan fingerprint density at radius 3 is 3.00 bits per heavy atom. The average Bonchev–Trinajstić information content (AvgIpc) is 3.19. The van der Waals surface area contributed by atoms with Gasteiger partial charge in [0.15, 0.2) is 0 Å². The molecule has 3 rings (SSSR count). The molecular weight excluding hydrogens is 320 g/mol. The topological polar surface area (TPSA) is 76.6 Å². The lowest BCUT2D eigenvalue weighted by molar-refractivity contribution is -0.00935. The van der Waals surface area contributed by atoms with Crippen molar-refractivity contribution in [2.75, 3.05) is 19.7 Å². The number of aryl methyl sites for hydroxylation is 2. The average molecular weight is 348 g/mol. The van der Waals surface area contributed by atoms with Crippen LogP contribution in [0.4, 0.5) is 0 Å². The summed E-state index contributed by atoms with van der Waals surface area (Å²) in [6.07, 6.45) is 4.64. The van der Waals surface area contributed by atoms with Crippen molar-refractivity contribution >= 4 is 0 Å². The van der Waals surface area contributed by atoms with Gasteiger partial charge >= 0.3 is 0 Å². The molecule has 2 aromatic rings. The van der Waals surface area contributed by atoms with Crippen molar-refractivity contribution in [1.29, 1.82) is 0 Å². The zero-order valence-electron chi connectivity index (χ0n) is 15.1. The summed E-state index contributed by atoms with van der Waals surface area (Å²) in [5, 5.41) is 14.8. The van der Waals surface area contributed by atoms with E-state index in [1.807, 2.05) is 30.7 Å². The molecule has 0 bridgehead atoms. The number of aliphatic hydroxyl groups is 1. The zero-order valence-corrected chi connectivity index (χ0v) is 15.1. The van der Waals surface area contributed by atoms with Crippen LogP contribution in [-0.4, -0.2) is 56.6 Å². The summed E-state index contributed by atoms with van der Waals surface area (Å²) in [5.74, 6) is 2.54. The molecule has 0 saturated carbocycles. The molecule has 0 radical (unpaired) electrons. The van der Waals surface area contributed by atoms with Crippen molar-refractivity contribution in [2.24, 2.45) is 0 Å². The Bertz CT molecular complexity index is 641. The number of hydrogen-bond donors (Lipinski definition) is 1. The SMILES string of the molecule is Cc1nc(C)n(C[C@@H]2CCCCN2C[C@H](O)COCc2ccco2)n1. The van der Waals surface area contributed by atoms with E-state index >= 15 is 0 Å². The smallest absolute Gasteiger partial charge is 0.147 e. The highest BCUT2D eigenvalue weighted by Crippen LogP contribution is 2.19. The number of likely N-dealkylation sites (tertiary alicyclic amines) is 1. The second kappa shape index (κ2) is 8.60. The van der Waals surface area contributed by atoms with Gasteiger partial charge in [-0.3, -0.25) is 4.90 Å². The zero-order chi connectivity index (χ0) is 17.6. The largest absolute Gasteiger partial charge is 0.467 e. The van der Waals surface area contributed by atoms with Gasteiger partial charge in [0.25, 0.3) is 0 Å². The summed E-state index contributed by atoms with van der Waals surface area (Å²) in [4.78, 5) is 6.74. The summed E-state index contributed by atoms with van der Waals surface area (Å²) >= 11 is 0. The highest BCUT2D eigenvalue weighted by molar-refractivity contribution is 4.96. The fraction of sp³-hybridized carbons (Fsp3) is 0.667. The van der Waals surface area contributed by atoms with Crippen LogP contribution in [0.2, 0.25) is 0 Å². The summed E-state index contributed by atoms with van der Waals surface area (Å²) in [6, 6.07) is 4.09. The van der Waals surface area contributed by atoms with Crippen LogP contribution in [-0.2, 0) is 17.9 Å². The minimum atomic E-state index is -0.505. The Kier molecular flexibility index (Phi) is 6.23. The molecule has 7 heteroatoms. The third-order valence-corrected chi connectivity index (χ3v) is 4.68. The highest BCUT2D eigenvalue weighted by atomic mass is 16.5. The maximum atomic E-state index is 10.3. The van der Waals surface area contributed by atoms with Crippen molar-refractivity contribution in [2.45, 2.75) is 58.4 Å². The first-order valence-corrected chi connectivity index (χ1v) is 9.02. The summed E-state index contributed by atoms with van der Waals surface area (Å²) in [6.45, 7) is 7.07. The van der Waals surface area contributed by atoms with E-state index in [2.05, 4.69) is 15.0 Å². The predicted molar refractivity (Wildman–Crippen MR) is 93.1 cm³/mol. The number of nitrogens with zero attached hydrogens (tertiary/aromatic N) is 4. The first-order valence-electron chi connectivity index (χ1n) is 9.02. The van der Waals surface area contributed by atoms with E-state index in [0.29, 0.717) is 25.8 Å². The molecule has 1 aliphatic heterocycles. The number of aromatic nitrogens is 3. The lowest BCUT2D eigenvalue weighted by atomic mass is 10.0. The Morgan fingerprint density at radius 2 is 2.28 bits per heavy atom. The van der Waals surface area contributed by atoms with Crippen molar-refractivity contribution < 1.29 is 14.3 Å². The normalized spacial score (nSPS) is 20.0. The fourth-order valence-corrected chi connectivity index (χ4v) is 3.45. The second-order valence-electron chi connectivity index (χ2n) is 6.78. The monoisotopic (exact) mass is 348 g/mol. The molecule has 0 aliphatic carbocycles. The van der Waals surface area contributed by atoms with Crippen molar-refractivity contribution in [1.82, 2.24) is 19.7 Å². The van der Waals surface area contributed by atoms with Gasteiger partial charge in [0.05, 0.1) is 25.5 Å². The molecule has 0 unspecified atom stereocenters. The van der Waals surface area contributed by atoms with E-state index in [0.717, 1.165) is 36.9 Å². The fourth-order valence-electron chi connectivity index (χ4n) is 3.45. The van der Waals surface area contributed by atoms with Gasteiger partial charge in [-0.15, -0.1) is 0 Å². The number of aliphatic hydroxyl groups excluding tert-OH is 1. The van der Waals surface area contributed by atoms with Crippen LogP contribution >= 0.6 is 0 Å². The Hall–Kier alpha value is -1.70. The summed E-state index contributed by atoms with van der Waals surface area (Å²) in [7, 11) is 0. The van der Waals surface area contributed by atoms with Crippen molar-refractivity contribution in [3.63, 3.8) is 0 Å². The van der Waals surface area contributed by atoms with Crippen LogP contribution in [0, 0.1) is 13.8 Å². The maximum Gasteiger partial charge on any atom is 0.147 e. The molecule has 7 nitrogen and oxygen atoms in total. The minimum Gasteiger partial charge on any atom is -0.467 e. The number of β-amino-alcohol motifs (C(OH)–C–C–N with tert-alkyl or cyclic N) is 1. The number of hydrogen-bond acceptors (Lipinski definition) is 6. The first-order chi connectivity index (χ1) is 12.1. The molecule has 0 aromatic carbocycles. The standard InChI is InChI=1S/C18H28N4O3/c1-14-19-15(2)22(20-14)10-16-6-3-4-8-21(16)11-17(23)12-24-13-18-7-5-9-25-18/h5,7,9,16-17,23H,3-4,6,8,10-13H2,1-2H3/t16-,17-/m0/s1. The van der Waals surface area contributed by atoms with Gasteiger partial charge in [0.2, 0.25) is 0 Å².